The number of aromatic nitrogens is 4. The topological polar surface area (TPSA) is 43.6 Å². The first-order valence-electron chi connectivity index (χ1n) is 22.1. The molecule has 0 fully saturated rings. The van der Waals surface area contributed by atoms with E-state index in [1.807, 2.05) is 91.0 Å². The van der Waals surface area contributed by atoms with E-state index >= 15 is 0 Å². The van der Waals surface area contributed by atoms with Crippen molar-refractivity contribution in [2.75, 3.05) is 0 Å². The molecule has 3 aromatic heterocycles. The molecule has 0 aliphatic rings. The molecule has 0 saturated heterocycles. The third kappa shape index (κ3) is 5.40. The van der Waals surface area contributed by atoms with Gasteiger partial charge in [0.15, 0.2) is 17.5 Å². The van der Waals surface area contributed by atoms with E-state index in [1.54, 1.807) is 11.3 Å². The van der Waals surface area contributed by atoms with Crippen molar-refractivity contribution in [3.8, 4) is 62.1 Å². The Morgan fingerprint density at radius 1 is 0.411 bits per heavy atom. The Morgan fingerprint density at radius 3 is 1.68 bits per heavy atom. The third-order valence-corrected chi connectivity index (χ3v) is 11.4. The van der Waals surface area contributed by atoms with Gasteiger partial charge in [-0.15, -0.1) is 11.3 Å². The van der Waals surface area contributed by atoms with Crippen molar-refractivity contribution in [3.05, 3.63) is 194 Å². The van der Waals surface area contributed by atoms with E-state index < -0.39 is 48.3 Å². The first-order valence-corrected chi connectivity index (χ1v) is 18.9. The molecular weight excluding hydrogens is 701 g/mol. The Hall–Kier alpha value is -7.21. The van der Waals surface area contributed by atoms with Gasteiger partial charge in [-0.25, -0.2) is 15.0 Å². The maximum absolute atomic E-state index is 9.27. The van der Waals surface area contributed by atoms with Crippen molar-refractivity contribution in [1.82, 2.24) is 19.5 Å². The molecule has 0 bridgehead atoms. The van der Waals surface area contributed by atoms with Gasteiger partial charge in [0, 0.05) is 47.6 Å². The van der Waals surface area contributed by atoms with Crippen LogP contribution in [0.25, 0.3) is 104 Å². The highest BCUT2D eigenvalue weighted by Gasteiger charge is 2.20. The fourth-order valence-electron chi connectivity index (χ4n) is 7.49. The summed E-state index contributed by atoms with van der Waals surface area (Å²) in [6, 6.07) is 44.1. The maximum Gasteiger partial charge on any atom is 0.166 e. The Morgan fingerprint density at radius 2 is 0.964 bits per heavy atom. The minimum absolute atomic E-state index is 0.00118. The van der Waals surface area contributed by atoms with Crippen LogP contribution in [0.5, 0.6) is 0 Å². The second kappa shape index (κ2) is 13.3. The molecule has 5 heteroatoms. The molecule has 0 spiro atoms. The monoisotopic (exact) mass is 740 g/mol. The number of fused-ring (bicyclic) bond motifs is 6. The molecule has 56 heavy (non-hydrogen) atoms. The zero-order chi connectivity index (χ0) is 44.0. The van der Waals surface area contributed by atoms with Gasteiger partial charge in [-0.1, -0.05) is 164 Å². The van der Waals surface area contributed by atoms with Crippen molar-refractivity contribution in [1.29, 1.82) is 0 Å². The number of thiophene rings is 1. The lowest BCUT2D eigenvalue weighted by Crippen LogP contribution is -2.04. The number of rotatable bonds is 6. The van der Waals surface area contributed by atoms with Crippen LogP contribution in [0, 0.1) is 0 Å². The highest BCUT2D eigenvalue weighted by Crippen LogP contribution is 2.41. The molecule has 11 rings (SSSR count). The van der Waals surface area contributed by atoms with E-state index in [-0.39, 0.29) is 27.6 Å². The van der Waals surface area contributed by atoms with Gasteiger partial charge in [-0.2, -0.15) is 0 Å². The smallest absolute Gasteiger partial charge is 0.166 e. The molecular formula is C51H32N4S. The summed E-state index contributed by atoms with van der Waals surface area (Å²) < 4.78 is 75.3. The lowest BCUT2D eigenvalue weighted by molar-refractivity contribution is 1.06. The first-order chi connectivity index (χ1) is 31.1. The summed E-state index contributed by atoms with van der Waals surface area (Å²) in [4.78, 5) is 15.2. The molecule has 0 aliphatic carbocycles. The summed E-state index contributed by atoms with van der Waals surface area (Å²) in [5.41, 5.74) is 6.02. The summed E-state index contributed by atoms with van der Waals surface area (Å²) in [6.45, 7) is 0. The summed E-state index contributed by atoms with van der Waals surface area (Å²) in [5.74, 6) is 1.03. The zero-order valence-corrected chi connectivity index (χ0v) is 30.4. The molecule has 8 aromatic carbocycles. The number of benzene rings is 8. The van der Waals surface area contributed by atoms with Crippen LogP contribution in [0.2, 0.25) is 0 Å². The zero-order valence-electron chi connectivity index (χ0n) is 37.6. The van der Waals surface area contributed by atoms with E-state index in [0.29, 0.717) is 22.9 Å². The van der Waals surface area contributed by atoms with Crippen LogP contribution in [-0.2, 0) is 0 Å². The van der Waals surface area contributed by atoms with Gasteiger partial charge >= 0.3 is 0 Å². The van der Waals surface area contributed by atoms with Crippen LogP contribution in [0.3, 0.4) is 0 Å². The Kier molecular flexibility index (Phi) is 5.92. The second-order valence-electron chi connectivity index (χ2n) is 13.4. The molecule has 0 N–H and O–H groups in total. The normalized spacial score (nSPS) is 13.6. The number of hydrogen-bond acceptors (Lipinski definition) is 4. The average molecular weight is 741 g/mol. The van der Waals surface area contributed by atoms with Gasteiger partial charge in [0.2, 0.25) is 0 Å². The molecule has 0 aliphatic heterocycles. The highest BCUT2D eigenvalue weighted by molar-refractivity contribution is 7.26. The first kappa shape index (κ1) is 25.0. The number of hydrogen-bond donors (Lipinski definition) is 0. The average Bonchev–Trinajstić information content (AvgIpc) is 3.91. The summed E-state index contributed by atoms with van der Waals surface area (Å²) >= 11 is 1.77. The van der Waals surface area contributed by atoms with E-state index in [9.17, 15) is 2.74 Å². The Bertz CT molecular complexity index is 3630. The molecule has 0 amide bonds. The molecule has 0 atom stereocenters. The predicted octanol–water partition coefficient (Wildman–Crippen LogP) is 13.7. The van der Waals surface area contributed by atoms with Gasteiger partial charge in [0.1, 0.15) is 0 Å². The van der Waals surface area contributed by atoms with Gasteiger partial charge in [0.25, 0.3) is 0 Å². The highest BCUT2D eigenvalue weighted by atomic mass is 32.1. The molecule has 3 heterocycles. The van der Waals surface area contributed by atoms with Crippen LogP contribution >= 0.6 is 11.3 Å². The van der Waals surface area contributed by atoms with Crippen molar-refractivity contribution in [2.24, 2.45) is 0 Å². The minimum Gasteiger partial charge on any atom is -0.308 e. The lowest BCUT2D eigenvalue weighted by Gasteiger charge is -2.16. The largest absolute Gasteiger partial charge is 0.308 e. The summed E-state index contributed by atoms with van der Waals surface area (Å²) in [6.07, 6.45) is 0. The SMILES string of the molecule is [2H]c1c([2H])c([2H])c2c(c1[2H])c1c([2H])c([2H])c([2H])c([2H])c1n2-c1cc(-c2ccccc2)ccc1-c1nc(-c2ccccc2)nc(-c2ccc(-c3cccc4c3sc3ccccc34)cc2)n1. The summed E-state index contributed by atoms with van der Waals surface area (Å²) in [7, 11) is 0. The van der Waals surface area contributed by atoms with E-state index in [1.165, 1.54) is 24.7 Å². The van der Waals surface area contributed by atoms with E-state index in [2.05, 4.69) is 54.6 Å². The molecule has 0 saturated carbocycles. The van der Waals surface area contributed by atoms with Crippen LogP contribution < -0.4 is 0 Å². The fraction of sp³-hybridized carbons (Fsp3) is 0. The minimum atomic E-state index is -0.511. The third-order valence-electron chi connectivity index (χ3n) is 10.1. The quantitative estimate of drug-likeness (QED) is 0.170. The lowest BCUT2D eigenvalue weighted by atomic mass is 10.0. The van der Waals surface area contributed by atoms with Gasteiger partial charge < -0.3 is 4.57 Å². The standard InChI is InChI=1S/C51H32N4S/c1-3-14-33(15-4-1)37-30-31-43(46(32-37)55-44-23-10-7-18-39(44)40-19-8-11-24-45(40)55)51-53-49(35-16-5-2-6-17-35)52-50(54-51)36-28-26-34(27-29-36)38-21-13-22-42-41-20-9-12-25-47(41)56-48(38)42/h1-32H/i7D,8D,10D,11D,18D,19D,23D,24D. The number of nitrogens with zero attached hydrogens (tertiary/aromatic N) is 4. The molecule has 11 aromatic rings. The Labute approximate surface area is 338 Å². The van der Waals surface area contributed by atoms with Crippen LogP contribution in [0.1, 0.15) is 11.0 Å². The van der Waals surface area contributed by atoms with Gasteiger partial charge in [-0.05, 0) is 52.5 Å². The van der Waals surface area contributed by atoms with Gasteiger partial charge in [0.05, 0.1) is 27.7 Å². The van der Waals surface area contributed by atoms with Crippen LogP contribution in [0.15, 0.2) is 194 Å². The summed E-state index contributed by atoms with van der Waals surface area (Å²) in [5, 5.41) is 2.40. The van der Waals surface area contributed by atoms with Crippen LogP contribution in [0.4, 0.5) is 0 Å². The predicted molar refractivity (Wildman–Crippen MR) is 234 cm³/mol. The van der Waals surface area contributed by atoms with E-state index in [4.69, 9.17) is 23.2 Å². The van der Waals surface area contributed by atoms with E-state index in [0.717, 1.165) is 33.4 Å². The van der Waals surface area contributed by atoms with Crippen molar-refractivity contribution >= 4 is 53.3 Å². The van der Waals surface area contributed by atoms with Crippen molar-refractivity contribution in [2.45, 2.75) is 0 Å². The van der Waals surface area contributed by atoms with Crippen LogP contribution in [-0.4, -0.2) is 19.5 Å². The maximum atomic E-state index is 9.27. The van der Waals surface area contributed by atoms with Gasteiger partial charge in [-0.3, -0.25) is 0 Å². The number of para-hydroxylation sites is 2. The molecule has 0 radical (unpaired) electrons. The molecule has 0 unspecified atom stereocenters. The molecule has 262 valence electrons. The second-order valence-corrected chi connectivity index (χ2v) is 14.5. The fourth-order valence-corrected chi connectivity index (χ4v) is 8.73. The molecule has 4 nitrogen and oxygen atoms in total. The van der Waals surface area contributed by atoms with Crippen molar-refractivity contribution in [3.63, 3.8) is 0 Å². The Balaban J connectivity index is 1.18. The van der Waals surface area contributed by atoms with Crippen molar-refractivity contribution < 1.29 is 11.0 Å².